The Bertz CT molecular complexity index is 447. The third-order valence-electron chi connectivity index (χ3n) is 3.64. The van der Waals surface area contributed by atoms with Gasteiger partial charge in [-0.2, -0.15) is 0 Å². The maximum absolute atomic E-state index is 14.0. The number of nitrogens with one attached hydrogen (secondary N) is 1. The molecule has 0 amide bonds. The van der Waals surface area contributed by atoms with Crippen molar-refractivity contribution in [2.75, 3.05) is 45.9 Å². The van der Waals surface area contributed by atoms with Gasteiger partial charge in [0.25, 0.3) is 0 Å². The first-order chi connectivity index (χ1) is 9.34. The summed E-state index contributed by atoms with van der Waals surface area (Å²) in [7, 11) is 0. The molecule has 4 nitrogen and oxygen atoms in total. The Hall–Kier alpha value is -1.33. The van der Waals surface area contributed by atoms with E-state index in [4.69, 9.17) is 9.47 Å². The maximum Gasteiger partial charge on any atom is 0.167 e. The van der Waals surface area contributed by atoms with E-state index in [9.17, 15) is 4.39 Å². The molecule has 5 heteroatoms. The fourth-order valence-electron chi connectivity index (χ4n) is 2.59. The van der Waals surface area contributed by atoms with Crippen molar-refractivity contribution in [3.8, 4) is 11.5 Å². The van der Waals surface area contributed by atoms with Crippen LogP contribution >= 0.6 is 0 Å². The number of halogens is 1. The van der Waals surface area contributed by atoms with E-state index in [0.29, 0.717) is 36.7 Å². The topological polar surface area (TPSA) is 33.7 Å². The molecule has 0 atom stereocenters. The van der Waals surface area contributed by atoms with Gasteiger partial charge >= 0.3 is 0 Å². The monoisotopic (exact) mass is 266 g/mol. The molecule has 2 heterocycles. The Morgan fingerprint density at radius 1 is 1.16 bits per heavy atom. The average Bonchev–Trinajstić information content (AvgIpc) is 2.47. The van der Waals surface area contributed by atoms with Gasteiger partial charge in [0.1, 0.15) is 19.0 Å². The third-order valence-corrected chi connectivity index (χ3v) is 3.64. The molecule has 0 saturated carbocycles. The lowest BCUT2D eigenvalue weighted by molar-refractivity contribution is 0.167. The van der Waals surface area contributed by atoms with Gasteiger partial charge in [0.05, 0.1) is 0 Å². The van der Waals surface area contributed by atoms with E-state index in [2.05, 4.69) is 10.2 Å². The molecular weight excluding hydrogens is 247 g/mol. The lowest BCUT2D eigenvalue weighted by atomic mass is 10.1. The van der Waals surface area contributed by atoms with Crippen LogP contribution in [0.1, 0.15) is 5.56 Å². The van der Waals surface area contributed by atoms with Gasteiger partial charge in [0, 0.05) is 38.3 Å². The third kappa shape index (κ3) is 2.82. The number of fused-ring (bicyclic) bond motifs is 1. The minimum atomic E-state index is -0.195. The Morgan fingerprint density at radius 2 is 1.95 bits per heavy atom. The standard InChI is InChI=1S/C14H19FN2O2/c15-12-1-2-13-14(19-10-9-18-13)11(12)3-6-17-7-4-16-5-8-17/h1-2,16H,3-10H2. The van der Waals surface area contributed by atoms with Crippen LogP contribution in [-0.2, 0) is 6.42 Å². The van der Waals surface area contributed by atoms with Crippen LogP contribution in [0.2, 0.25) is 0 Å². The van der Waals surface area contributed by atoms with Crippen LogP contribution < -0.4 is 14.8 Å². The van der Waals surface area contributed by atoms with Crippen LogP contribution in [0.5, 0.6) is 11.5 Å². The number of rotatable bonds is 3. The van der Waals surface area contributed by atoms with E-state index in [1.54, 1.807) is 6.07 Å². The van der Waals surface area contributed by atoms with Crippen molar-refractivity contribution in [1.29, 1.82) is 0 Å². The second kappa shape index (κ2) is 5.75. The van der Waals surface area contributed by atoms with Crippen molar-refractivity contribution >= 4 is 0 Å². The summed E-state index contributed by atoms with van der Waals surface area (Å²) in [6, 6.07) is 3.12. The van der Waals surface area contributed by atoms with Gasteiger partial charge in [0.15, 0.2) is 11.5 Å². The summed E-state index contributed by atoms with van der Waals surface area (Å²) in [4.78, 5) is 2.35. The predicted molar refractivity (Wildman–Crippen MR) is 70.4 cm³/mol. The molecule has 1 aromatic carbocycles. The SMILES string of the molecule is Fc1ccc2c(c1CCN1CCNCC1)OCCO2. The molecule has 0 spiro atoms. The molecule has 0 radical (unpaired) electrons. The highest BCUT2D eigenvalue weighted by Gasteiger charge is 2.20. The molecule has 104 valence electrons. The fraction of sp³-hybridized carbons (Fsp3) is 0.571. The van der Waals surface area contributed by atoms with Crippen molar-refractivity contribution < 1.29 is 13.9 Å². The Labute approximate surface area is 112 Å². The number of piperazine rings is 1. The molecule has 2 aliphatic rings. The van der Waals surface area contributed by atoms with E-state index in [1.165, 1.54) is 6.07 Å². The molecule has 0 bridgehead atoms. The largest absolute Gasteiger partial charge is 0.486 e. The number of hydrogen-bond donors (Lipinski definition) is 1. The van der Waals surface area contributed by atoms with Crippen LogP contribution in [0, 0.1) is 5.82 Å². The quantitative estimate of drug-likeness (QED) is 0.886. The zero-order chi connectivity index (χ0) is 13.1. The zero-order valence-electron chi connectivity index (χ0n) is 11.0. The second-order valence-electron chi connectivity index (χ2n) is 4.89. The Morgan fingerprint density at radius 3 is 2.79 bits per heavy atom. The predicted octanol–water partition coefficient (Wildman–Crippen LogP) is 1.04. The molecule has 19 heavy (non-hydrogen) atoms. The summed E-state index contributed by atoms with van der Waals surface area (Å²) in [6.45, 7) is 5.96. The Kier molecular flexibility index (Phi) is 3.84. The summed E-state index contributed by atoms with van der Waals surface area (Å²) in [5, 5.41) is 3.31. The van der Waals surface area contributed by atoms with Crippen LogP contribution in [-0.4, -0.2) is 50.8 Å². The maximum atomic E-state index is 14.0. The van der Waals surface area contributed by atoms with Gasteiger partial charge in [-0.15, -0.1) is 0 Å². The number of nitrogens with zero attached hydrogens (tertiary/aromatic N) is 1. The summed E-state index contributed by atoms with van der Waals surface area (Å²) in [5.41, 5.74) is 0.649. The second-order valence-corrected chi connectivity index (χ2v) is 4.89. The van der Waals surface area contributed by atoms with Gasteiger partial charge < -0.3 is 19.7 Å². The molecule has 1 N–H and O–H groups in total. The summed E-state index contributed by atoms with van der Waals surface area (Å²) >= 11 is 0. The molecule has 1 saturated heterocycles. The van der Waals surface area contributed by atoms with E-state index < -0.39 is 0 Å². The summed E-state index contributed by atoms with van der Waals surface area (Å²) in [5.74, 6) is 1.07. The van der Waals surface area contributed by atoms with Crippen LogP contribution in [0.25, 0.3) is 0 Å². The molecule has 0 aliphatic carbocycles. The van der Waals surface area contributed by atoms with Crippen LogP contribution in [0.4, 0.5) is 4.39 Å². The smallest absolute Gasteiger partial charge is 0.167 e. The number of benzene rings is 1. The molecule has 1 aromatic rings. The highest BCUT2D eigenvalue weighted by Crippen LogP contribution is 2.35. The van der Waals surface area contributed by atoms with Gasteiger partial charge in [-0.25, -0.2) is 4.39 Å². The molecule has 1 fully saturated rings. The molecule has 3 rings (SSSR count). The minimum absolute atomic E-state index is 0.195. The van der Waals surface area contributed by atoms with Gasteiger partial charge in [-0.05, 0) is 18.6 Å². The minimum Gasteiger partial charge on any atom is -0.486 e. The number of hydrogen-bond acceptors (Lipinski definition) is 4. The van der Waals surface area contributed by atoms with E-state index in [-0.39, 0.29) is 5.82 Å². The first-order valence-electron chi connectivity index (χ1n) is 6.84. The first-order valence-corrected chi connectivity index (χ1v) is 6.84. The Balaban J connectivity index is 1.72. The van der Waals surface area contributed by atoms with Gasteiger partial charge in [0.2, 0.25) is 0 Å². The van der Waals surface area contributed by atoms with E-state index in [1.807, 2.05) is 0 Å². The van der Waals surface area contributed by atoms with Crippen molar-refractivity contribution in [2.45, 2.75) is 6.42 Å². The van der Waals surface area contributed by atoms with Crippen molar-refractivity contribution in [3.63, 3.8) is 0 Å². The van der Waals surface area contributed by atoms with Gasteiger partial charge in [-0.3, -0.25) is 0 Å². The lowest BCUT2D eigenvalue weighted by Crippen LogP contribution is -2.44. The van der Waals surface area contributed by atoms with Gasteiger partial charge in [-0.1, -0.05) is 0 Å². The fourth-order valence-corrected chi connectivity index (χ4v) is 2.59. The summed E-state index contributed by atoms with van der Waals surface area (Å²) in [6.07, 6.45) is 0.665. The van der Waals surface area contributed by atoms with E-state index in [0.717, 1.165) is 32.7 Å². The molecule has 0 aromatic heterocycles. The van der Waals surface area contributed by atoms with Crippen molar-refractivity contribution in [1.82, 2.24) is 10.2 Å². The number of ether oxygens (including phenoxy) is 2. The lowest BCUT2D eigenvalue weighted by Gasteiger charge is -2.28. The van der Waals surface area contributed by atoms with Crippen LogP contribution in [0.15, 0.2) is 12.1 Å². The zero-order valence-corrected chi connectivity index (χ0v) is 11.0. The molecular formula is C14H19FN2O2. The van der Waals surface area contributed by atoms with E-state index >= 15 is 0 Å². The van der Waals surface area contributed by atoms with Crippen molar-refractivity contribution in [2.24, 2.45) is 0 Å². The summed E-state index contributed by atoms with van der Waals surface area (Å²) < 4.78 is 25.0. The normalized spacial score (nSPS) is 19.4. The molecule has 0 unspecified atom stereocenters. The first kappa shape index (κ1) is 12.7. The molecule has 2 aliphatic heterocycles. The van der Waals surface area contributed by atoms with Crippen LogP contribution in [0.3, 0.4) is 0 Å². The van der Waals surface area contributed by atoms with Crippen molar-refractivity contribution in [3.05, 3.63) is 23.5 Å². The average molecular weight is 266 g/mol. The highest BCUT2D eigenvalue weighted by atomic mass is 19.1. The highest BCUT2D eigenvalue weighted by molar-refractivity contribution is 5.48.